The maximum atomic E-state index is 15.1. The molecule has 65 heavy (non-hydrogen) atoms. The SMILES string of the molecule is O=C1CCC(NC(=O)c2ccc(N3CCN(CC4CCN(C(=O)Cn5cc(-c6ccc(NC(=O)[C@H](NCCc7ccc(F)cc7)c7ccccc7)nc6)cn5)CC4)CC3)cc2F)C(=O)N1. The Kier molecular flexibility index (Phi) is 14.3. The molecule has 3 aromatic carbocycles. The van der Waals surface area contributed by atoms with E-state index in [4.69, 9.17) is 0 Å². The summed E-state index contributed by atoms with van der Waals surface area (Å²) in [6.45, 7) is 5.91. The van der Waals surface area contributed by atoms with Crippen LogP contribution in [0.4, 0.5) is 20.3 Å². The Hall–Kier alpha value is -6.85. The third kappa shape index (κ3) is 11.6. The zero-order chi connectivity index (χ0) is 45.3. The fourth-order valence-electron chi connectivity index (χ4n) is 8.56. The fraction of sp³-hybridized carbons (Fsp3) is 0.354. The zero-order valence-corrected chi connectivity index (χ0v) is 35.9. The molecule has 17 heteroatoms. The molecule has 4 N–H and O–H groups in total. The lowest BCUT2D eigenvalue weighted by Crippen LogP contribution is -2.52. The molecule has 3 aliphatic rings. The first-order chi connectivity index (χ1) is 31.5. The van der Waals surface area contributed by atoms with Crippen molar-refractivity contribution in [3.63, 3.8) is 0 Å². The number of amides is 5. The molecule has 0 aliphatic carbocycles. The summed E-state index contributed by atoms with van der Waals surface area (Å²) in [5.41, 5.74) is 3.89. The number of nitrogens with zero attached hydrogens (tertiary/aromatic N) is 6. The molecular formula is C48H52F2N10O5. The standard InChI is InChI=1S/C48H52F2N10O5/c49-37-9-6-32(7-10-37)16-19-51-45(34-4-2-1-3-5-34)48(65)55-42-14-8-35(27-52-42)36-28-53-60(30-36)31-44(62)59-20-17-33(18-21-59)29-57-22-24-58(25-23-57)38-11-12-39(40(50)26-38)46(63)54-41-13-15-43(61)56-47(41)64/h1-12,14,26-28,30,33,41,45,51H,13,15-25,29,31H2,(H,54,63)(H,52,55,65)(H,56,61,64)/t41?,45-/m1/s1. The highest BCUT2D eigenvalue weighted by Gasteiger charge is 2.30. The molecule has 338 valence electrons. The Morgan fingerprint density at radius 1 is 0.831 bits per heavy atom. The number of hydrogen-bond donors (Lipinski definition) is 4. The monoisotopic (exact) mass is 886 g/mol. The third-order valence-corrected chi connectivity index (χ3v) is 12.3. The van der Waals surface area contributed by atoms with Gasteiger partial charge in [0.2, 0.25) is 23.6 Å². The second-order valence-corrected chi connectivity index (χ2v) is 16.8. The van der Waals surface area contributed by atoms with Crippen molar-refractivity contribution in [2.75, 3.05) is 62.6 Å². The van der Waals surface area contributed by atoms with E-state index in [1.165, 1.54) is 24.3 Å². The minimum Gasteiger partial charge on any atom is -0.369 e. The molecule has 3 fully saturated rings. The molecule has 8 rings (SSSR count). The lowest BCUT2D eigenvalue weighted by molar-refractivity contribution is -0.135. The topological polar surface area (TPSA) is 174 Å². The van der Waals surface area contributed by atoms with Gasteiger partial charge in [-0.2, -0.15) is 5.10 Å². The second kappa shape index (κ2) is 20.8. The molecule has 0 radical (unpaired) electrons. The van der Waals surface area contributed by atoms with Gasteiger partial charge in [0.05, 0.1) is 11.8 Å². The van der Waals surface area contributed by atoms with Crippen LogP contribution in [0.5, 0.6) is 0 Å². The van der Waals surface area contributed by atoms with Gasteiger partial charge >= 0.3 is 0 Å². The Morgan fingerprint density at radius 2 is 1.60 bits per heavy atom. The number of rotatable bonds is 15. The first-order valence-corrected chi connectivity index (χ1v) is 22.1. The van der Waals surface area contributed by atoms with E-state index in [0.717, 1.165) is 54.7 Å². The molecule has 2 aromatic heterocycles. The molecule has 0 bridgehead atoms. The summed E-state index contributed by atoms with van der Waals surface area (Å²) in [7, 11) is 0. The van der Waals surface area contributed by atoms with Gasteiger partial charge in [0.1, 0.15) is 36.1 Å². The van der Waals surface area contributed by atoms with E-state index in [-0.39, 0.29) is 42.6 Å². The predicted octanol–water partition coefficient (Wildman–Crippen LogP) is 4.33. The first-order valence-electron chi connectivity index (χ1n) is 22.1. The Morgan fingerprint density at radius 3 is 2.31 bits per heavy atom. The second-order valence-electron chi connectivity index (χ2n) is 16.8. The van der Waals surface area contributed by atoms with Crippen LogP contribution in [-0.2, 0) is 32.1 Å². The van der Waals surface area contributed by atoms with Crippen LogP contribution in [0.15, 0.2) is 104 Å². The number of piperidine rings is 2. The van der Waals surface area contributed by atoms with Gasteiger partial charge in [-0.15, -0.1) is 0 Å². The van der Waals surface area contributed by atoms with Crippen LogP contribution in [0.3, 0.4) is 0 Å². The normalized spacial score (nSPS) is 17.7. The van der Waals surface area contributed by atoms with Crippen LogP contribution in [0.2, 0.25) is 0 Å². The smallest absolute Gasteiger partial charge is 0.254 e. The van der Waals surface area contributed by atoms with Crippen molar-refractivity contribution in [1.29, 1.82) is 0 Å². The molecule has 5 amide bonds. The highest BCUT2D eigenvalue weighted by molar-refractivity contribution is 6.04. The molecule has 3 saturated heterocycles. The Balaban J connectivity index is 0.754. The van der Waals surface area contributed by atoms with Crippen LogP contribution in [-0.4, -0.2) is 113 Å². The van der Waals surface area contributed by atoms with Crippen molar-refractivity contribution in [2.45, 2.75) is 50.7 Å². The third-order valence-electron chi connectivity index (χ3n) is 12.3. The van der Waals surface area contributed by atoms with Gasteiger partial charge in [0.15, 0.2) is 0 Å². The summed E-state index contributed by atoms with van der Waals surface area (Å²) in [6, 6.07) is 22.3. The summed E-state index contributed by atoms with van der Waals surface area (Å²) in [5.74, 6) is -2.04. The Labute approximate surface area is 375 Å². The highest BCUT2D eigenvalue weighted by Crippen LogP contribution is 2.25. The van der Waals surface area contributed by atoms with Crippen molar-refractivity contribution >= 4 is 41.0 Å². The molecule has 5 heterocycles. The molecule has 5 aromatic rings. The maximum Gasteiger partial charge on any atom is 0.254 e. The lowest BCUT2D eigenvalue weighted by atomic mass is 9.96. The molecular weight excluding hydrogens is 835 g/mol. The van der Waals surface area contributed by atoms with Gasteiger partial charge in [0, 0.05) is 88.0 Å². The number of hydrogen-bond acceptors (Lipinski definition) is 10. The molecule has 15 nitrogen and oxygen atoms in total. The van der Waals surface area contributed by atoms with E-state index in [9.17, 15) is 28.4 Å². The number of imide groups is 1. The lowest BCUT2D eigenvalue weighted by Gasteiger charge is -2.39. The van der Waals surface area contributed by atoms with E-state index in [2.05, 4.69) is 41.1 Å². The average molecular weight is 887 g/mol. The highest BCUT2D eigenvalue weighted by atomic mass is 19.1. The minimum absolute atomic E-state index is 0.00819. The van der Waals surface area contributed by atoms with Crippen LogP contribution in [0, 0.1) is 17.6 Å². The molecule has 2 atom stereocenters. The number of halogens is 2. The van der Waals surface area contributed by atoms with E-state index >= 15 is 4.39 Å². The van der Waals surface area contributed by atoms with Crippen molar-refractivity contribution in [1.82, 2.24) is 40.5 Å². The van der Waals surface area contributed by atoms with Crippen LogP contribution in [0.1, 0.15) is 53.2 Å². The number of likely N-dealkylation sites (tertiary alicyclic amines) is 1. The van der Waals surface area contributed by atoms with Crippen molar-refractivity contribution in [2.24, 2.45) is 5.92 Å². The maximum absolute atomic E-state index is 15.1. The number of pyridine rings is 1. The number of aromatic nitrogens is 3. The van der Waals surface area contributed by atoms with Crippen LogP contribution < -0.4 is 26.2 Å². The van der Waals surface area contributed by atoms with E-state index < -0.39 is 35.6 Å². The first kappa shape index (κ1) is 44.7. The van der Waals surface area contributed by atoms with Gasteiger partial charge < -0.3 is 25.8 Å². The predicted molar refractivity (Wildman–Crippen MR) is 239 cm³/mol. The minimum atomic E-state index is -0.880. The van der Waals surface area contributed by atoms with E-state index in [1.807, 2.05) is 47.5 Å². The van der Waals surface area contributed by atoms with Crippen molar-refractivity contribution < 1.29 is 32.8 Å². The zero-order valence-electron chi connectivity index (χ0n) is 35.9. The van der Waals surface area contributed by atoms with Gasteiger partial charge in [-0.1, -0.05) is 42.5 Å². The molecule has 3 aliphatic heterocycles. The average Bonchev–Trinajstić information content (AvgIpc) is 3.78. The van der Waals surface area contributed by atoms with Crippen LogP contribution >= 0.6 is 0 Å². The largest absolute Gasteiger partial charge is 0.369 e. The number of anilines is 2. The van der Waals surface area contributed by atoms with Crippen LogP contribution in [0.25, 0.3) is 11.1 Å². The van der Waals surface area contributed by atoms with Crippen molar-refractivity contribution in [3.8, 4) is 11.1 Å². The number of piperazine rings is 1. The summed E-state index contributed by atoms with van der Waals surface area (Å²) in [4.78, 5) is 73.9. The number of carbonyl (C=O) groups excluding carboxylic acids is 5. The van der Waals surface area contributed by atoms with E-state index in [1.54, 1.807) is 41.3 Å². The molecule has 1 unspecified atom stereocenters. The summed E-state index contributed by atoms with van der Waals surface area (Å²) < 4.78 is 30.1. The number of benzene rings is 3. The quantitative estimate of drug-likeness (QED) is 0.111. The summed E-state index contributed by atoms with van der Waals surface area (Å²) in [5, 5.41) is 15.4. The fourth-order valence-corrected chi connectivity index (χ4v) is 8.56. The molecule has 0 spiro atoms. The summed E-state index contributed by atoms with van der Waals surface area (Å²) >= 11 is 0. The van der Waals surface area contributed by atoms with Gasteiger partial charge in [-0.05, 0) is 85.2 Å². The van der Waals surface area contributed by atoms with Gasteiger partial charge in [-0.3, -0.25) is 38.9 Å². The molecule has 0 saturated carbocycles. The number of nitrogens with one attached hydrogen (secondary N) is 4. The van der Waals surface area contributed by atoms with E-state index in [0.29, 0.717) is 56.6 Å². The van der Waals surface area contributed by atoms with Crippen molar-refractivity contribution in [3.05, 3.63) is 132 Å². The Bertz CT molecular complexity index is 2470. The van der Waals surface area contributed by atoms with Gasteiger partial charge in [-0.25, -0.2) is 13.8 Å². The number of carbonyl (C=O) groups is 5. The van der Waals surface area contributed by atoms with Gasteiger partial charge in [0.25, 0.3) is 5.91 Å². The summed E-state index contributed by atoms with van der Waals surface area (Å²) in [6.07, 6.45) is 7.89.